The van der Waals surface area contributed by atoms with Crippen molar-refractivity contribution in [2.24, 2.45) is 0 Å². The molecule has 0 aliphatic heterocycles. The molecular formula is C27H18O3. The highest BCUT2D eigenvalue weighted by molar-refractivity contribution is 6.07. The van der Waals surface area contributed by atoms with E-state index in [2.05, 4.69) is 24.3 Å². The summed E-state index contributed by atoms with van der Waals surface area (Å²) in [7, 11) is 0. The van der Waals surface area contributed by atoms with Crippen molar-refractivity contribution < 1.29 is 14.3 Å². The first kappa shape index (κ1) is 18.0. The molecule has 1 N–H and O–H groups in total. The molecule has 3 nitrogen and oxygen atoms in total. The Hall–Kier alpha value is -4.11. The van der Waals surface area contributed by atoms with E-state index in [4.69, 9.17) is 9.52 Å². The zero-order valence-electron chi connectivity index (χ0n) is 16.1. The van der Waals surface area contributed by atoms with Gasteiger partial charge in [-0.15, -0.1) is 0 Å². The van der Waals surface area contributed by atoms with Crippen molar-refractivity contribution in [3.8, 4) is 11.3 Å². The average molecular weight is 390 g/mol. The van der Waals surface area contributed by atoms with Crippen LogP contribution in [0.2, 0.25) is 0 Å². The van der Waals surface area contributed by atoms with Gasteiger partial charge < -0.3 is 9.52 Å². The molecule has 144 valence electrons. The maximum atomic E-state index is 11.1. The molecule has 30 heavy (non-hydrogen) atoms. The molecule has 0 radical (unpaired) electrons. The van der Waals surface area contributed by atoms with Gasteiger partial charge in [-0.3, -0.25) is 0 Å². The van der Waals surface area contributed by atoms with Crippen molar-refractivity contribution in [2.75, 3.05) is 0 Å². The maximum absolute atomic E-state index is 11.1. The van der Waals surface area contributed by atoms with E-state index in [1.54, 1.807) is 18.2 Å². The van der Waals surface area contributed by atoms with Gasteiger partial charge in [0.15, 0.2) is 0 Å². The second-order valence-corrected chi connectivity index (χ2v) is 7.20. The lowest BCUT2D eigenvalue weighted by atomic mass is 10.0. The molecule has 0 atom stereocenters. The lowest BCUT2D eigenvalue weighted by Gasteiger charge is -1.99. The fraction of sp³-hybridized carbons (Fsp3) is 0. The summed E-state index contributed by atoms with van der Waals surface area (Å²) in [6.45, 7) is 0. The fourth-order valence-electron chi connectivity index (χ4n) is 3.66. The molecule has 4 aromatic carbocycles. The summed E-state index contributed by atoms with van der Waals surface area (Å²) in [6.07, 6.45) is 3.88. The Balaban J connectivity index is 1.43. The first-order valence-electron chi connectivity index (χ1n) is 9.70. The van der Waals surface area contributed by atoms with Crippen LogP contribution < -0.4 is 0 Å². The zero-order chi connectivity index (χ0) is 20.5. The van der Waals surface area contributed by atoms with Crippen LogP contribution in [0.1, 0.15) is 21.5 Å². The number of carboxylic acids is 1. The largest absolute Gasteiger partial charge is 0.478 e. The number of furan rings is 1. The minimum absolute atomic E-state index is 0.282. The summed E-state index contributed by atoms with van der Waals surface area (Å²) in [5, 5.41) is 12.6. The zero-order valence-corrected chi connectivity index (χ0v) is 16.1. The van der Waals surface area contributed by atoms with Crippen molar-refractivity contribution >= 4 is 39.9 Å². The highest BCUT2D eigenvalue weighted by atomic mass is 16.4. The topological polar surface area (TPSA) is 50.4 Å². The van der Waals surface area contributed by atoms with Gasteiger partial charge in [-0.05, 0) is 46.2 Å². The molecule has 0 saturated carbocycles. The molecule has 0 bridgehead atoms. The van der Waals surface area contributed by atoms with Gasteiger partial charge in [0.25, 0.3) is 0 Å². The number of carbonyl (C=O) groups is 1. The van der Waals surface area contributed by atoms with Crippen LogP contribution in [-0.2, 0) is 0 Å². The van der Waals surface area contributed by atoms with Crippen molar-refractivity contribution in [1.29, 1.82) is 0 Å². The van der Waals surface area contributed by atoms with Crippen LogP contribution in [0, 0.1) is 0 Å². The molecule has 1 aromatic heterocycles. The lowest BCUT2D eigenvalue weighted by Crippen LogP contribution is -1.95. The van der Waals surface area contributed by atoms with Crippen LogP contribution in [0.3, 0.4) is 0 Å². The number of carboxylic acid groups (broad SMARTS) is 1. The SMILES string of the molecule is O=C(O)c1cccc(C=Cc2ccc(-c3cc4c(ccc5ccccc54)o3)cc2)c1. The molecule has 0 aliphatic carbocycles. The molecule has 0 unspecified atom stereocenters. The van der Waals surface area contributed by atoms with E-state index in [1.807, 2.05) is 60.7 Å². The van der Waals surface area contributed by atoms with Gasteiger partial charge in [0, 0.05) is 10.9 Å². The minimum atomic E-state index is -0.923. The smallest absolute Gasteiger partial charge is 0.335 e. The number of hydrogen-bond donors (Lipinski definition) is 1. The van der Waals surface area contributed by atoms with Crippen LogP contribution in [-0.4, -0.2) is 11.1 Å². The second kappa shape index (κ2) is 7.37. The Morgan fingerprint density at radius 1 is 0.733 bits per heavy atom. The van der Waals surface area contributed by atoms with Crippen molar-refractivity contribution in [1.82, 2.24) is 0 Å². The number of rotatable bonds is 4. The minimum Gasteiger partial charge on any atom is -0.478 e. The maximum Gasteiger partial charge on any atom is 0.335 e. The fourth-order valence-corrected chi connectivity index (χ4v) is 3.66. The summed E-state index contributed by atoms with van der Waals surface area (Å²) >= 11 is 0. The lowest BCUT2D eigenvalue weighted by molar-refractivity contribution is 0.0697. The first-order valence-corrected chi connectivity index (χ1v) is 9.70. The van der Waals surface area contributed by atoms with E-state index in [1.165, 1.54) is 10.8 Å². The van der Waals surface area contributed by atoms with Crippen LogP contribution in [0.25, 0.3) is 45.2 Å². The van der Waals surface area contributed by atoms with E-state index in [0.717, 1.165) is 33.4 Å². The molecule has 0 saturated heterocycles. The van der Waals surface area contributed by atoms with Crippen molar-refractivity contribution in [3.05, 3.63) is 108 Å². The van der Waals surface area contributed by atoms with E-state index in [9.17, 15) is 4.79 Å². The van der Waals surface area contributed by atoms with Crippen molar-refractivity contribution in [3.63, 3.8) is 0 Å². The van der Waals surface area contributed by atoms with Gasteiger partial charge in [-0.2, -0.15) is 0 Å². The predicted octanol–water partition coefficient (Wildman–Crippen LogP) is 7.12. The third kappa shape index (κ3) is 3.38. The summed E-state index contributed by atoms with van der Waals surface area (Å²) in [5.41, 5.74) is 4.06. The molecule has 0 aliphatic rings. The molecule has 5 aromatic rings. The van der Waals surface area contributed by atoms with E-state index in [0.29, 0.717) is 0 Å². The van der Waals surface area contributed by atoms with Crippen molar-refractivity contribution in [2.45, 2.75) is 0 Å². The molecule has 5 rings (SSSR count). The summed E-state index contributed by atoms with van der Waals surface area (Å²) in [6, 6.07) is 29.5. The third-order valence-electron chi connectivity index (χ3n) is 5.22. The quantitative estimate of drug-likeness (QED) is 0.332. The summed E-state index contributed by atoms with van der Waals surface area (Å²) in [4.78, 5) is 11.1. The Morgan fingerprint density at radius 3 is 2.37 bits per heavy atom. The van der Waals surface area contributed by atoms with Gasteiger partial charge in [0.05, 0.1) is 5.56 Å². The average Bonchev–Trinajstić information content (AvgIpc) is 3.23. The number of aromatic carboxylic acids is 1. The van der Waals surface area contributed by atoms with Gasteiger partial charge >= 0.3 is 5.97 Å². The van der Waals surface area contributed by atoms with Gasteiger partial charge in [0.1, 0.15) is 11.3 Å². The molecule has 0 amide bonds. The number of hydrogen-bond acceptors (Lipinski definition) is 2. The predicted molar refractivity (Wildman–Crippen MR) is 121 cm³/mol. The first-order chi connectivity index (χ1) is 14.7. The molecule has 1 heterocycles. The highest BCUT2D eigenvalue weighted by Crippen LogP contribution is 2.33. The van der Waals surface area contributed by atoms with Crippen LogP contribution >= 0.6 is 0 Å². The van der Waals surface area contributed by atoms with Gasteiger partial charge in [0.2, 0.25) is 0 Å². The summed E-state index contributed by atoms with van der Waals surface area (Å²) in [5.74, 6) is -0.0840. The number of benzene rings is 4. The van der Waals surface area contributed by atoms with E-state index in [-0.39, 0.29) is 5.56 Å². The Bertz CT molecular complexity index is 1410. The molecular weight excluding hydrogens is 372 g/mol. The normalized spacial score (nSPS) is 11.5. The Morgan fingerprint density at radius 2 is 1.53 bits per heavy atom. The molecule has 0 spiro atoms. The van der Waals surface area contributed by atoms with Gasteiger partial charge in [-0.1, -0.05) is 78.9 Å². The standard InChI is InChI=1S/C27H18O3/c28-27(29)22-6-3-4-19(16-22)9-8-18-10-12-21(13-11-18)26-17-24-23-7-2-1-5-20(23)14-15-25(24)30-26/h1-17H,(H,28,29). The highest BCUT2D eigenvalue weighted by Gasteiger charge is 2.09. The number of fused-ring (bicyclic) bond motifs is 3. The second-order valence-electron chi connectivity index (χ2n) is 7.20. The Labute approximate surface area is 173 Å². The van der Waals surface area contributed by atoms with Crippen LogP contribution in [0.15, 0.2) is 95.4 Å². The Kier molecular flexibility index (Phi) is 4.41. The molecule has 0 fully saturated rings. The monoisotopic (exact) mass is 390 g/mol. The van der Waals surface area contributed by atoms with Crippen LogP contribution in [0.4, 0.5) is 0 Å². The van der Waals surface area contributed by atoms with E-state index < -0.39 is 5.97 Å². The van der Waals surface area contributed by atoms with E-state index >= 15 is 0 Å². The van der Waals surface area contributed by atoms with Gasteiger partial charge in [-0.25, -0.2) is 4.79 Å². The summed E-state index contributed by atoms with van der Waals surface area (Å²) < 4.78 is 6.09. The van der Waals surface area contributed by atoms with Crippen LogP contribution in [0.5, 0.6) is 0 Å². The third-order valence-corrected chi connectivity index (χ3v) is 5.22. The molecule has 3 heteroatoms.